The first-order chi connectivity index (χ1) is 19.4. The van der Waals surface area contributed by atoms with Crippen LogP contribution in [0.25, 0.3) is 0 Å². The van der Waals surface area contributed by atoms with Gasteiger partial charge in [0, 0.05) is 5.56 Å². The number of ether oxygens (including phenoxy) is 3. The number of nitrogens with zero attached hydrogens (tertiary/aromatic N) is 1. The molecule has 0 aromatic heterocycles. The van der Waals surface area contributed by atoms with Gasteiger partial charge in [-0.1, -0.05) is 18.2 Å². The zero-order valence-corrected chi connectivity index (χ0v) is 21.6. The summed E-state index contributed by atoms with van der Waals surface area (Å²) < 4.78 is 15.6. The van der Waals surface area contributed by atoms with Crippen LogP contribution in [-0.4, -0.2) is 43.3 Å². The van der Waals surface area contributed by atoms with E-state index in [4.69, 9.17) is 14.2 Å². The minimum atomic E-state index is -0.722. The first-order valence-corrected chi connectivity index (χ1v) is 12.6. The highest BCUT2D eigenvalue weighted by Gasteiger charge is 2.47. The van der Waals surface area contributed by atoms with Crippen LogP contribution >= 0.6 is 0 Å². The average molecular weight is 540 g/mol. The first kappa shape index (κ1) is 26.6. The van der Waals surface area contributed by atoms with E-state index in [1.807, 2.05) is 12.2 Å². The Morgan fingerprint density at radius 2 is 1.38 bits per heavy atom. The third-order valence-electron chi connectivity index (χ3n) is 6.90. The van der Waals surface area contributed by atoms with Gasteiger partial charge in [0.2, 0.25) is 11.8 Å². The molecule has 1 heterocycles. The molecule has 3 aromatic carbocycles. The maximum atomic E-state index is 12.8. The van der Waals surface area contributed by atoms with E-state index in [-0.39, 0.29) is 40.5 Å². The normalized spacial score (nSPS) is 17.8. The van der Waals surface area contributed by atoms with E-state index in [1.54, 1.807) is 24.3 Å². The Morgan fingerprint density at radius 3 is 2.00 bits per heavy atom. The molecule has 2 atom stereocenters. The summed E-state index contributed by atoms with van der Waals surface area (Å²) in [7, 11) is 1.50. The van der Waals surface area contributed by atoms with Crippen molar-refractivity contribution >= 4 is 35.2 Å². The van der Waals surface area contributed by atoms with Crippen molar-refractivity contribution in [1.29, 1.82) is 0 Å². The van der Waals surface area contributed by atoms with Crippen LogP contribution < -0.4 is 14.4 Å². The fourth-order valence-electron chi connectivity index (χ4n) is 4.72. The van der Waals surface area contributed by atoms with Gasteiger partial charge < -0.3 is 14.2 Å². The molecule has 0 saturated carbocycles. The molecule has 40 heavy (non-hydrogen) atoms. The number of amides is 2. The van der Waals surface area contributed by atoms with Crippen molar-refractivity contribution in [2.45, 2.75) is 12.8 Å². The van der Waals surface area contributed by atoms with Crippen LogP contribution in [0.5, 0.6) is 11.5 Å². The average Bonchev–Trinajstić information content (AvgIpc) is 3.25. The van der Waals surface area contributed by atoms with Crippen molar-refractivity contribution < 1.29 is 38.2 Å². The number of hydrogen-bond acceptors (Lipinski definition) is 8. The number of ketones is 1. The number of carbonyl (C=O) groups is 5. The lowest BCUT2D eigenvalue weighted by molar-refractivity contribution is -0.122. The van der Waals surface area contributed by atoms with Gasteiger partial charge in [0.1, 0.15) is 11.5 Å². The lowest BCUT2D eigenvalue weighted by atomic mass is 9.85. The van der Waals surface area contributed by atoms with Crippen LogP contribution in [0.1, 0.15) is 43.9 Å². The van der Waals surface area contributed by atoms with Gasteiger partial charge in [-0.05, 0) is 79.6 Å². The number of imide groups is 1. The van der Waals surface area contributed by atoms with Gasteiger partial charge in [-0.3, -0.25) is 19.3 Å². The maximum Gasteiger partial charge on any atom is 0.343 e. The number of rotatable bonds is 8. The number of anilines is 1. The van der Waals surface area contributed by atoms with E-state index in [9.17, 15) is 24.0 Å². The number of hydrogen-bond donors (Lipinski definition) is 0. The second kappa shape index (κ2) is 11.4. The molecule has 2 unspecified atom stereocenters. The third kappa shape index (κ3) is 5.40. The molecule has 5 rings (SSSR count). The monoisotopic (exact) mass is 539 g/mol. The summed E-state index contributed by atoms with van der Waals surface area (Å²) >= 11 is 0. The summed E-state index contributed by atoms with van der Waals surface area (Å²) in [5.74, 6) is -2.14. The van der Waals surface area contributed by atoms with Gasteiger partial charge in [-0.2, -0.15) is 0 Å². The molecule has 1 aliphatic carbocycles. The quantitative estimate of drug-likeness (QED) is 0.136. The molecular formula is C31H25NO8. The number of esters is 2. The van der Waals surface area contributed by atoms with E-state index in [2.05, 4.69) is 0 Å². The molecule has 9 heteroatoms. The minimum absolute atomic E-state index is 0.175. The van der Waals surface area contributed by atoms with Gasteiger partial charge >= 0.3 is 11.9 Å². The van der Waals surface area contributed by atoms with Crippen molar-refractivity contribution in [3.8, 4) is 11.5 Å². The second-order valence-electron chi connectivity index (χ2n) is 9.36. The standard InChI is InChI=1S/C31H25NO8/c1-38-24-6-4-5-21(17-24)31(37)40-23-15-11-19(12-16-23)27(33)18-39-30(36)20-9-13-22(14-10-20)32-28(34)25-7-2-3-8-26(25)29(32)35/h2-6,9-17,25-26H,7-8,18H2,1H3. The molecule has 1 fully saturated rings. The molecule has 0 bridgehead atoms. The van der Waals surface area contributed by atoms with Crippen LogP contribution in [0.3, 0.4) is 0 Å². The van der Waals surface area contributed by atoms with E-state index in [1.165, 1.54) is 60.5 Å². The van der Waals surface area contributed by atoms with Gasteiger partial charge in [-0.15, -0.1) is 0 Å². The van der Waals surface area contributed by atoms with Gasteiger partial charge in [0.15, 0.2) is 12.4 Å². The molecule has 202 valence electrons. The zero-order valence-electron chi connectivity index (χ0n) is 21.6. The zero-order chi connectivity index (χ0) is 28.2. The first-order valence-electron chi connectivity index (χ1n) is 12.6. The molecule has 0 spiro atoms. The Bertz CT molecular complexity index is 1480. The number of benzene rings is 3. The number of allylic oxidation sites excluding steroid dienone is 2. The summed E-state index contributed by atoms with van der Waals surface area (Å²) in [4.78, 5) is 64.1. The number of carbonyl (C=O) groups excluding carboxylic acids is 5. The van der Waals surface area contributed by atoms with Crippen molar-refractivity contribution in [3.05, 3.63) is 102 Å². The topological polar surface area (TPSA) is 116 Å². The molecule has 2 aliphatic rings. The molecule has 0 radical (unpaired) electrons. The molecule has 9 nitrogen and oxygen atoms in total. The summed E-state index contributed by atoms with van der Waals surface area (Å²) in [5, 5.41) is 0. The number of fused-ring (bicyclic) bond motifs is 1. The molecule has 3 aromatic rings. The van der Waals surface area contributed by atoms with E-state index >= 15 is 0 Å². The number of methoxy groups -OCH3 is 1. The Morgan fingerprint density at radius 1 is 0.750 bits per heavy atom. The van der Waals surface area contributed by atoms with Crippen molar-refractivity contribution in [2.75, 3.05) is 18.6 Å². The third-order valence-corrected chi connectivity index (χ3v) is 6.90. The fourth-order valence-corrected chi connectivity index (χ4v) is 4.72. The predicted molar refractivity (Wildman–Crippen MR) is 143 cm³/mol. The Labute approximate surface area is 229 Å². The van der Waals surface area contributed by atoms with Crippen LogP contribution in [0.15, 0.2) is 84.9 Å². The van der Waals surface area contributed by atoms with Crippen LogP contribution in [0.2, 0.25) is 0 Å². The second-order valence-corrected chi connectivity index (χ2v) is 9.36. The Hall–Kier alpha value is -5.05. The molecule has 1 saturated heterocycles. The summed E-state index contributed by atoms with van der Waals surface area (Å²) in [6, 6.07) is 18.4. The van der Waals surface area contributed by atoms with Crippen molar-refractivity contribution in [3.63, 3.8) is 0 Å². The SMILES string of the molecule is COc1cccc(C(=O)Oc2ccc(C(=O)COC(=O)c3ccc(N4C(=O)C5CC=CCC5C4=O)cc3)cc2)c1. The summed E-state index contributed by atoms with van der Waals surface area (Å²) in [6.07, 6.45) is 4.93. The van der Waals surface area contributed by atoms with Crippen LogP contribution in [0, 0.1) is 11.8 Å². The number of Topliss-reactive ketones (excluding diaryl/α,β-unsaturated/α-hetero) is 1. The molecule has 0 N–H and O–H groups in total. The lowest BCUT2D eigenvalue weighted by Gasteiger charge is -2.15. The van der Waals surface area contributed by atoms with Gasteiger partial charge in [0.25, 0.3) is 0 Å². The highest BCUT2D eigenvalue weighted by molar-refractivity contribution is 6.22. The van der Waals surface area contributed by atoms with Crippen LogP contribution in [0.4, 0.5) is 5.69 Å². The lowest BCUT2D eigenvalue weighted by Crippen LogP contribution is -2.30. The summed E-state index contributed by atoms with van der Waals surface area (Å²) in [6.45, 7) is -0.497. The van der Waals surface area contributed by atoms with Gasteiger partial charge in [-0.25, -0.2) is 9.59 Å². The Balaban J connectivity index is 1.15. The fraction of sp³-hybridized carbons (Fsp3) is 0.194. The predicted octanol–water partition coefficient (Wildman–Crippen LogP) is 4.41. The maximum absolute atomic E-state index is 12.8. The molecule has 2 amide bonds. The van der Waals surface area contributed by atoms with E-state index < -0.39 is 24.3 Å². The molecular weight excluding hydrogens is 514 g/mol. The van der Waals surface area contributed by atoms with Gasteiger partial charge in [0.05, 0.1) is 35.8 Å². The van der Waals surface area contributed by atoms with E-state index in [0.717, 1.165) is 0 Å². The Kier molecular flexibility index (Phi) is 7.54. The van der Waals surface area contributed by atoms with Crippen LogP contribution in [-0.2, 0) is 14.3 Å². The highest BCUT2D eigenvalue weighted by Crippen LogP contribution is 2.37. The van der Waals surface area contributed by atoms with Crippen molar-refractivity contribution in [1.82, 2.24) is 0 Å². The molecule has 1 aliphatic heterocycles. The van der Waals surface area contributed by atoms with E-state index in [0.29, 0.717) is 29.8 Å². The smallest absolute Gasteiger partial charge is 0.343 e. The summed E-state index contributed by atoms with van der Waals surface area (Å²) in [5.41, 5.74) is 1.15. The minimum Gasteiger partial charge on any atom is -0.497 e. The highest BCUT2D eigenvalue weighted by atomic mass is 16.5. The van der Waals surface area contributed by atoms with Crippen molar-refractivity contribution in [2.24, 2.45) is 11.8 Å². The largest absolute Gasteiger partial charge is 0.497 e.